The van der Waals surface area contributed by atoms with Crippen molar-refractivity contribution in [1.29, 1.82) is 0 Å². The molecule has 2 nitrogen and oxygen atoms in total. The van der Waals surface area contributed by atoms with Crippen molar-refractivity contribution in [3.8, 4) is 0 Å². The van der Waals surface area contributed by atoms with Gasteiger partial charge in [0.15, 0.2) is 0 Å². The molecule has 0 bridgehead atoms. The number of hydrogen-bond acceptors (Lipinski definition) is 1. The van der Waals surface area contributed by atoms with E-state index in [1.165, 1.54) is 0 Å². The molecule has 0 N–H and O–H groups in total. The van der Waals surface area contributed by atoms with E-state index in [0.29, 0.717) is 13.1 Å². The molecule has 10 heavy (non-hydrogen) atoms. The molecule has 0 spiro atoms. The van der Waals surface area contributed by atoms with Crippen molar-refractivity contribution in [2.75, 3.05) is 33.7 Å². The molecule has 59 valence electrons. The molecule has 1 saturated heterocycles. The predicted molar refractivity (Wildman–Crippen MR) is 38.8 cm³/mol. The maximum absolute atomic E-state index is 12.8. The number of alkyl halides is 1. The fourth-order valence-corrected chi connectivity index (χ4v) is 1.27. The molecule has 1 radical (unpaired) electrons. The third-order valence-corrected chi connectivity index (χ3v) is 1.78. The van der Waals surface area contributed by atoms with Crippen molar-refractivity contribution in [2.45, 2.75) is 6.17 Å². The monoisotopic (exact) mass is 145 g/mol. The Labute approximate surface area is 61.4 Å². The van der Waals surface area contributed by atoms with E-state index < -0.39 is 6.17 Å². The van der Waals surface area contributed by atoms with Crippen molar-refractivity contribution < 1.29 is 4.39 Å². The highest BCUT2D eigenvalue weighted by Crippen LogP contribution is 2.13. The Morgan fingerprint density at radius 1 is 1.50 bits per heavy atom. The maximum Gasteiger partial charge on any atom is 0.119 e. The van der Waals surface area contributed by atoms with Gasteiger partial charge in [0.05, 0.1) is 0 Å². The Morgan fingerprint density at radius 2 is 2.20 bits per heavy atom. The molecule has 0 aromatic carbocycles. The molecule has 0 aromatic heterocycles. The van der Waals surface area contributed by atoms with E-state index in [1.54, 1.807) is 0 Å². The first-order valence-corrected chi connectivity index (χ1v) is 3.62. The lowest BCUT2D eigenvalue weighted by Crippen LogP contribution is -2.27. The van der Waals surface area contributed by atoms with Gasteiger partial charge in [-0.1, -0.05) is 0 Å². The van der Waals surface area contributed by atoms with E-state index in [2.05, 4.69) is 5.32 Å². The van der Waals surface area contributed by atoms with Gasteiger partial charge in [-0.2, -0.15) is 0 Å². The molecule has 0 saturated carbocycles. The van der Waals surface area contributed by atoms with Gasteiger partial charge >= 0.3 is 0 Å². The second-order valence-electron chi connectivity index (χ2n) is 3.13. The molecular formula is C7H14FN2. The van der Waals surface area contributed by atoms with Gasteiger partial charge in [-0.05, 0) is 14.1 Å². The van der Waals surface area contributed by atoms with E-state index >= 15 is 0 Å². The minimum absolute atomic E-state index is 0.148. The number of hydrogen-bond donors (Lipinski definition) is 0. The van der Waals surface area contributed by atoms with Crippen LogP contribution in [0.5, 0.6) is 0 Å². The van der Waals surface area contributed by atoms with Crippen molar-refractivity contribution in [3.63, 3.8) is 0 Å². The van der Waals surface area contributed by atoms with Gasteiger partial charge in [0.2, 0.25) is 0 Å². The molecule has 3 heteroatoms. The summed E-state index contributed by atoms with van der Waals surface area (Å²) in [6.07, 6.45) is -0.692. The van der Waals surface area contributed by atoms with Crippen molar-refractivity contribution >= 4 is 0 Å². The molecule has 1 aliphatic rings. The molecule has 0 aliphatic carbocycles. The van der Waals surface area contributed by atoms with Crippen LogP contribution in [0.4, 0.5) is 4.39 Å². The summed E-state index contributed by atoms with van der Waals surface area (Å²) in [6, 6.07) is 0. The van der Waals surface area contributed by atoms with Gasteiger partial charge in [0.1, 0.15) is 6.17 Å². The Morgan fingerprint density at radius 3 is 2.60 bits per heavy atom. The van der Waals surface area contributed by atoms with Gasteiger partial charge in [0, 0.05) is 25.6 Å². The van der Waals surface area contributed by atoms with E-state index in [0.717, 1.165) is 6.54 Å². The van der Waals surface area contributed by atoms with Gasteiger partial charge in [-0.3, -0.25) is 0 Å². The predicted octanol–water partition coefficient (Wildman–Crippen LogP) is 0.120. The second kappa shape index (κ2) is 3.30. The largest absolute Gasteiger partial charge is 0.309 e. The van der Waals surface area contributed by atoms with Crippen LogP contribution < -0.4 is 5.32 Å². The number of halogens is 1. The first-order valence-electron chi connectivity index (χ1n) is 3.62. The Balaban J connectivity index is 2.26. The summed E-state index contributed by atoms with van der Waals surface area (Å²) in [5, 5.41) is 4.00. The van der Waals surface area contributed by atoms with E-state index in [9.17, 15) is 4.39 Å². The molecular weight excluding hydrogens is 131 g/mol. The van der Waals surface area contributed by atoms with Gasteiger partial charge < -0.3 is 4.90 Å². The summed E-state index contributed by atoms with van der Waals surface area (Å²) in [5.41, 5.74) is 0. The Kier molecular flexibility index (Phi) is 2.63. The SMILES string of the molecule is CN(C)CC1C[N]CC1F. The van der Waals surface area contributed by atoms with Crippen LogP contribution in [0.1, 0.15) is 0 Å². The van der Waals surface area contributed by atoms with Gasteiger partial charge in [-0.15, -0.1) is 0 Å². The quantitative estimate of drug-likeness (QED) is 0.539. The highest BCUT2D eigenvalue weighted by Gasteiger charge is 2.27. The summed E-state index contributed by atoms with van der Waals surface area (Å²) in [4.78, 5) is 2.01. The zero-order valence-corrected chi connectivity index (χ0v) is 6.55. The summed E-state index contributed by atoms with van der Waals surface area (Å²) < 4.78 is 12.8. The fraction of sp³-hybridized carbons (Fsp3) is 1.00. The maximum atomic E-state index is 12.8. The lowest BCUT2D eigenvalue weighted by molar-refractivity contribution is 0.231. The molecule has 0 aromatic rings. The smallest absolute Gasteiger partial charge is 0.119 e. The van der Waals surface area contributed by atoms with Gasteiger partial charge in [0.25, 0.3) is 0 Å². The van der Waals surface area contributed by atoms with Crippen molar-refractivity contribution in [2.24, 2.45) is 5.92 Å². The standard InChI is InChI=1S/C7H14FN2/c1-10(2)5-6-3-9-4-7(6)8/h6-7H,3-5H2,1-2H3. The third kappa shape index (κ3) is 1.92. The highest BCUT2D eigenvalue weighted by atomic mass is 19.1. The van der Waals surface area contributed by atoms with Crippen LogP contribution in [0.3, 0.4) is 0 Å². The Bertz CT molecular complexity index is 106. The third-order valence-electron chi connectivity index (χ3n) is 1.78. The molecule has 0 amide bonds. The molecule has 1 rings (SSSR count). The molecule has 2 atom stereocenters. The topological polar surface area (TPSA) is 17.3 Å². The minimum atomic E-state index is -0.692. The van der Waals surface area contributed by atoms with E-state index in [-0.39, 0.29) is 5.92 Å². The molecule has 1 heterocycles. The van der Waals surface area contributed by atoms with Crippen LogP contribution in [-0.4, -0.2) is 44.8 Å². The first-order chi connectivity index (χ1) is 4.70. The van der Waals surface area contributed by atoms with E-state index in [1.807, 2.05) is 19.0 Å². The van der Waals surface area contributed by atoms with Gasteiger partial charge in [-0.25, -0.2) is 9.71 Å². The summed E-state index contributed by atoms with van der Waals surface area (Å²) in [5.74, 6) is 0.148. The van der Waals surface area contributed by atoms with Crippen molar-refractivity contribution in [3.05, 3.63) is 0 Å². The first kappa shape index (κ1) is 7.95. The summed E-state index contributed by atoms with van der Waals surface area (Å²) in [7, 11) is 3.93. The average Bonchev–Trinajstić information content (AvgIpc) is 2.15. The van der Waals surface area contributed by atoms with Crippen LogP contribution in [0.25, 0.3) is 0 Å². The average molecular weight is 145 g/mol. The number of rotatable bonds is 2. The molecule has 1 aliphatic heterocycles. The normalized spacial score (nSPS) is 33.6. The van der Waals surface area contributed by atoms with Crippen molar-refractivity contribution in [1.82, 2.24) is 10.2 Å². The number of nitrogens with zero attached hydrogens (tertiary/aromatic N) is 2. The van der Waals surface area contributed by atoms with Crippen LogP contribution in [0.15, 0.2) is 0 Å². The van der Waals surface area contributed by atoms with Crippen LogP contribution >= 0.6 is 0 Å². The van der Waals surface area contributed by atoms with E-state index in [4.69, 9.17) is 0 Å². The molecule has 1 fully saturated rings. The van der Waals surface area contributed by atoms with Crippen LogP contribution in [0, 0.1) is 5.92 Å². The summed E-state index contributed by atoms with van der Waals surface area (Å²) >= 11 is 0. The Hall–Kier alpha value is -0.150. The lowest BCUT2D eigenvalue weighted by Gasteiger charge is -2.16. The van der Waals surface area contributed by atoms with Crippen LogP contribution in [0.2, 0.25) is 0 Å². The molecule has 2 unspecified atom stereocenters. The van der Waals surface area contributed by atoms with Crippen LogP contribution in [-0.2, 0) is 0 Å². The summed E-state index contributed by atoms with van der Waals surface area (Å²) in [6.45, 7) is 1.95. The lowest BCUT2D eigenvalue weighted by atomic mass is 10.1. The zero-order chi connectivity index (χ0) is 7.56. The second-order valence-corrected chi connectivity index (χ2v) is 3.13. The zero-order valence-electron chi connectivity index (χ0n) is 6.55. The minimum Gasteiger partial charge on any atom is -0.309 e. The fourth-order valence-electron chi connectivity index (χ4n) is 1.27. The highest BCUT2D eigenvalue weighted by molar-refractivity contribution is 4.81.